The van der Waals surface area contributed by atoms with E-state index in [0.29, 0.717) is 30.2 Å². The second-order valence-corrected chi connectivity index (χ2v) is 11.7. The average molecular weight is 566 g/mol. The van der Waals surface area contributed by atoms with Crippen molar-refractivity contribution in [2.24, 2.45) is 0 Å². The predicted molar refractivity (Wildman–Crippen MR) is 159 cm³/mol. The van der Waals surface area contributed by atoms with Gasteiger partial charge in [-0.1, -0.05) is 68.3 Å². The van der Waals surface area contributed by atoms with Crippen LogP contribution in [0.15, 0.2) is 78.9 Å². The summed E-state index contributed by atoms with van der Waals surface area (Å²) in [7, 11) is -3.82. The van der Waals surface area contributed by atoms with Gasteiger partial charge in [0.25, 0.3) is 0 Å². The highest BCUT2D eigenvalue weighted by Gasteiger charge is 2.31. The molecule has 214 valence electrons. The molecule has 0 spiro atoms. The number of amides is 2. The number of carbonyl (C=O) groups excluding carboxylic acids is 2. The second kappa shape index (κ2) is 14.5. The van der Waals surface area contributed by atoms with Gasteiger partial charge in [0.2, 0.25) is 21.8 Å². The van der Waals surface area contributed by atoms with Crippen LogP contribution in [0.5, 0.6) is 11.5 Å². The van der Waals surface area contributed by atoms with Crippen LogP contribution in [0.1, 0.15) is 44.2 Å². The molecule has 9 heteroatoms. The molecule has 0 heterocycles. The molecule has 3 aromatic rings. The van der Waals surface area contributed by atoms with Crippen molar-refractivity contribution in [1.82, 2.24) is 10.2 Å². The molecular formula is C31H39N3O5S. The lowest BCUT2D eigenvalue weighted by Crippen LogP contribution is -2.52. The number of nitrogens with one attached hydrogen (secondary N) is 1. The van der Waals surface area contributed by atoms with Gasteiger partial charge in [-0.3, -0.25) is 13.9 Å². The van der Waals surface area contributed by atoms with Gasteiger partial charge >= 0.3 is 0 Å². The standard InChI is InChI=1S/C31H39N3O5S/c1-5-7-20-32-31(36)29(6-2)33(22-25-13-11-12-24(3)21-25)30(35)23-34(40(4,37)38)26-16-18-28(19-17-26)39-27-14-9-8-10-15-27/h8-19,21,29H,5-7,20,22-23H2,1-4H3,(H,32,36)/t29-/m0/s1. The van der Waals surface area contributed by atoms with Gasteiger partial charge < -0.3 is 15.0 Å². The maximum Gasteiger partial charge on any atom is 0.244 e. The minimum absolute atomic E-state index is 0.182. The Bertz CT molecular complexity index is 1360. The Hall–Kier alpha value is -3.85. The first-order valence-electron chi connectivity index (χ1n) is 13.6. The molecule has 2 amide bonds. The van der Waals surface area contributed by atoms with E-state index in [2.05, 4.69) is 5.32 Å². The lowest BCUT2D eigenvalue weighted by molar-refractivity contribution is -0.140. The van der Waals surface area contributed by atoms with Gasteiger partial charge in [-0.15, -0.1) is 0 Å². The van der Waals surface area contributed by atoms with Crippen LogP contribution in [0.4, 0.5) is 5.69 Å². The van der Waals surface area contributed by atoms with E-state index in [9.17, 15) is 18.0 Å². The van der Waals surface area contributed by atoms with Gasteiger partial charge in [0.05, 0.1) is 11.9 Å². The summed E-state index contributed by atoms with van der Waals surface area (Å²) in [5, 5.41) is 2.93. The lowest BCUT2D eigenvalue weighted by Gasteiger charge is -2.33. The molecule has 0 saturated heterocycles. The lowest BCUT2D eigenvalue weighted by atomic mass is 10.1. The van der Waals surface area contributed by atoms with E-state index >= 15 is 0 Å². The van der Waals surface area contributed by atoms with Crippen LogP contribution in [0.25, 0.3) is 0 Å². The van der Waals surface area contributed by atoms with E-state index in [1.807, 2.05) is 75.4 Å². The number of hydrogen-bond acceptors (Lipinski definition) is 5. The van der Waals surface area contributed by atoms with Crippen molar-refractivity contribution < 1.29 is 22.7 Å². The molecule has 3 aromatic carbocycles. The number of hydrogen-bond donors (Lipinski definition) is 1. The topological polar surface area (TPSA) is 96.0 Å². The van der Waals surface area contributed by atoms with Crippen LogP contribution in [-0.2, 0) is 26.2 Å². The summed E-state index contributed by atoms with van der Waals surface area (Å²) < 4.78 is 32.6. The molecule has 0 aromatic heterocycles. The molecule has 1 N–H and O–H groups in total. The molecule has 0 saturated carbocycles. The molecule has 0 aliphatic rings. The largest absolute Gasteiger partial charge is 0.457 e. The summed E-state index contributed by atoms with van der Waals surface area (Å²) in [4.78, 5) is 28.4. The van der Waals surface area contributed by atoms with Crippen LogP contribution in [0.3, 0.4) is 0 Å². The molecule has 0 aliphatic carbocycles. The van der Waals surface area contributed by atoms with E-state index < -0.39 is 28.5 Å². The highest BCUT2D eigenvalue weighted by molar-refractivity contribution is 7.92. The number of ether oxygens (including phenoxy) is 1. The highest BCUT2D eigenvalue weighted by atomic mass is 32.2. The van der Waals surface area contributed by atoms with Crippen LogP contribution >= 0.6 is 0 Å². The molecular weight excluding hydrogens is 526 g/mol. The fraction of sp³-hybridized carbons (Fsp3) is 0.355. The van der Waals surface area contributed by atoms with E-state index in [-0.39, 0.29) is 12.5 Å². The third kappa shape index (κ3) is 8.84. The molecule has 0 aliphatic heterocycles. The van der Waals surface area contributed by atoms with E-state index in [1.54, 1.807) is 24.3 Å². The van der Waals surface area contributed by atoms with Gasteiger partial charge in [0.1, 0.15) is 24.1 Å². The van der Waals surface area contributed by atoms with E-state index in [4.69, 9.17) is 4.74 Å². The highest BCUT2D eigenvalue weighted by Crippen LogP contribution is 2.26. The van der Waals surface area contributed by atoms with Crippen molar-refractivity contribution in [1.29, 1.82) is 0 Å². The summed E-state index contributed by atoms with van der Waals surface area (Å²) in [6, 6.07) is 22.7. The Labute approximate surface area is 238 Å². The van der Waals surface area contributed by atoms with Crippen molar-refractivity contribution in [2.45, 2.75) is 52.6 Å². The molecule has 0 fully saturated rings. The van der Waals surface area contributed by atoms with Gasteiger partial charge in [-0.05, 0) is 61.7 Å². The summed E-state index contributed by atoms with van der Waals surface area (Å²) in [5.74, 6) is 0.477. The van der Waals surface area contributed by atoms with Gasteiger partial charge in [-0.25, -0.2) is 8.42 Å². The number of unbranched alkanes of at least 4 members (excludes halogenated alkanes) is 1. The fourth-order valence-electron chi connectivity index (χ4n) is 4.35. The maximum atomic E-state index is 13.8. The summed E-state index contributed by atoms with van der Waals surface area (Å²) in [5.41, 5.74) is 2.22. The Morgan fingerprint density at radius 2 is 1.60 bits per heavy atom. The van der Waals surface area contributed by atoms with Gasteiger partial charge in [0.15, 0.2) is 0 Å². The van der Waals surface area contributed by atoms with Crippen molar-refractivity contribution in [3.8, 4) is 11.5 Å². The molecule has 3 rings (SSSR count). The molecule has 1 atom stereocenters. The van der Waals surface area contributed by atoms with E-state index in [1.165, 1.54) is 4.90 Å². The zero-order chi connectivity index (χ0) is 29.1. The molecule has 0 bridgehead atoms. The Kier molecular flexibility index (Phi) is 11.1. The summed E-state index contributed by atoms with van der Waals surface area (Å²) >= 11 is 0. The van der Waals surface area contributed by atoms with Crippen LogP contribution in [-0.4, -0.2) is 50.5 Å². The van der Waals surface area contributed by atoms with Gasteiger partial charge in [0, 0.05) is 13.1 Å². The number of carbonyl (C=O) groups is 2. The average Bonchev–Trinajstić information content (AvgIpc) is 2.92. The van der Waals surface area contributed by atoms with Crippen molar-refractivity contribution in [3.05, 3.63) is 90.0 Å². The van der Waals surface area contributed by atoms with Gasteiger partial charge in [-0.2, -0.15) is 0 Å². The minimum Gasteiger partial charge on any atom is -0.457 e. The second-order valence-electron chi connectivity index (χ2n) is 9.76. The SMILES string of the molecule is CCCCNC(=O)[C@H](CC)N(Cc1cccc(C)c1)C(=O)CN(c1ccc(Oc2ccccc2)cc1)S(C)(=O)=O. The first kappa shape index (κ1) is 30.7. The number of aryl methyl sites for hydroxylation is 1. The molecule has 40 heavy (non-hydrogen) atoms. The zero-order valence-electron chi connectivity index (χ0n) is 23.7. The first-order chi connectivity index (χ1) is 19.1. The normalized spacial score (nSPS) is 11.9. The number of para-hydroxylation sites is 1. The molecule has 8 nitrogen and oxygen atoms in total. The van der Waals surface area contributed by atoms with E-state index in [0.717, 1.165) is 34.5 Å². The Morgan fingerprint density at radius 3 is 2.20 bits per heavy atom. The molecule has 0 unspecified atom stereocenters. The van der Waals surface area contributed by atoms with Crippen molar-refractivity contribution in [2.75, 3.05) is 23.7 Å². The third-order valence-electron chi connectivity index (χ3n) is 6.43. The number of nitrogens with zero attached hydrogens (tertiary/aromatic N) is 2. The maximum absolute atomic E-state index is 13.8. The Morgan fingerprint density at radius 1 is 0.925 bits per heavy atom. The zero-order valence-corrected chi connectivity index (χ0v) is 24.5. The van der Waals surface area contributed by atoms with Crippen LogP contribution in [0, 0.1) is 6.92 Å². The van der Waals surface area contributed by atoms with Crippen LogP contribution in [0.2, 0.25) is 0 Å². The van der Waals surface area contributed by atoms with Crippen molar-refractivity contribution >= 4 is 27.5 Å². The molecule has 0 radical (unpaired) electrons. The summed E-state index contributed by atoms with van der Waals surface area (Å²) in [6.07, 6.45) is 3.22. The smallest absolute Gasteiger partial charge is 0.244 e. The van der Waals surface area contributed by atoms with Crippen molar-refractivity contribution in [3.63, 3.8) is 0 Å². The van der Waals surface area contributed by atoms with Crippen LogP contribution < -0.4 is 14.4 Å². The monoisotopic (exact) mass is 565 g/mol. The quantitative estimate of drug-likeness (QED) is 0.269. The number of anilines is 1. The summed E-state index contributed by atoms with van der Waals surface area (Å²) in [6.45, 7) is 6.10. The Balaban J connectivity index is 1.87. The predicted octanol–water partition coefficient (Wildman–Crippen LogP) is 5.28. The minimum atomic E-state index is -3.82. The number of sulfonamides is 1. The number of rotatable bonds is 14. The number of benzene rings is 3. The first-order valence-corrected chi connectivity index (χ1v) is 15.4. The fourth-order valence-corrected chi connectivity index (χ4v) is 5.20. The third-order valence-corrected chi connectivity index (χ3v) is 7.57.